The van der Waals surface area contributed by atoms with E-state index in [0.717, 1.165) is 23.4 Å². The van der Waals surface area contributed by atoms with Gasteiger partial charge in [0.1, 0.15) is 5.82 Å². The van der Waals surface area contributed by atoms with Crippen molar-refractivity contribution >= 4 is 16.9 Å². The third-order valence-corrected chi connectivity index (χ3v) is 2.75. The van der Waals surface area contributed by atoms with Gasteiger partial charge < -0.3 is 11.1 Å². The van der Waals surface area contributed by atoms with Crippen molar-refractivity contribution in [2.24, 2.45) is 11.1 Å². The first kappa shape index (κ1) is 11.8. The lowest BCUT2D eigenvalue weighted by Crippen LogP contribution is -2.31. The van der Waals surface area contributed by atoms with Crippen molar-refractivity contribution in [3.05, 3.63) is 30.5 Å². The van der Waals surface area contributed by atoms with Crippen LogP contribution in [0.25, 0.3) is 11.0 Å². The molecule has 90 valence electrons. The molecule has 1 heterocycles. The van der Waals surface area contributed by atoms with E-state index in [1.165, 1.54) is 0 Å². The fourth-order valence-electron chi connectivity index (χ4n) is 1.44. The van der Waals surface area contributed by atoms with Crippen LogP contribution in [0.15, 0.2) is 30.5 Å². The zero-order valence-electron chi connectivity index (χ0n) is 10.3. The van der Waals surface area contributed by atoms with Gasteiger partial charge in [0.15, 0.2) is 0 Å². The van der Waals surface area contributed by atoms with Crippen LogP contribution in [0.1, 0.15) is 13.8 Å². The molecular formula is C13H18N4. The molecule has 0 saturated heterocycles. The number of benzene rings is 1. The zero-order valence-corrected chi connectivity index (χ0v) is 10.3. The average Bonchev–Trinajstić information content (AvgIpc) is 2.36. The van der Waals surface area contributed by atoms with Crippen LogP contribution in [0, 0.1) is 5.41 Å². The molecule has 2 rings (SSSR count). The molecule has 3 N–H and O–H groups in total. The summed E-state index contributed by atoms with van der Waals surface area (Å²) in [6.45, 7) is 5.67. The zero-order chi connectivity index (χ0) is 12.3. The van der Waals surface area contributed by atoms with Gasteiger partial charge in [0, 0.05) is 6.54 Å². The standard InChI is InChI=1S/C13H18N4/c1-13(2,8-14)9-16-12-7-15-10-5-3-4-6-11(10)17-12/h3-7H,8-9,14H2,1-2H3,(H,16,17). The molecule has 0 radical (unpaired) electrons. The summed E-state index contributed by atoms with van der Waals surface area (Å²) in [6, 6.07) is 7.84. The van der Waals surface area contributed by atoms with Crippen molar-refractivity contribution in [3.63, 3.8) is 0 Å². The Kier molecular flexibility index (Phi) is 3.24. The molecule has 4 nitrogen and oxygen atoms in total. The Morgan fingerprint density at radius 1 is 1.24 bits per heavy atom. The van der Waals surface area contributed by atoms with Crippen molar-refractivity contribution < 1.29 is 0 Å². The van der Waals surface area contributed by atoms with Crippen LogP contribution >= 0.6 is 0 Å². The van der Waals surface area contributed by atoms with Crippen LogP contribution in [-0.2, 0) is 0 Å². The minimum atomic E-state index is 0.0628. The Morgan fingerprint density at radius 2 is 1.94 bits per heavy atom. The van der Waals surface area contributed by atoms with Crippen molar-refractivity contribution in [3.8, 4) is 0 Å². The molecule has 1 aromatic heterocycles. The van der Waals surface area contributed by atoms with E-state index >= 15 is 0 Å². The maximum Gasteiger partial charge on any atom is 0.145 e. The Balaban J connectivity index is 2.14. The van der Waals surface area contributed by atoms with Gasteiger partial charge in [0.2, 0.25) is 0 Å². The van der Waals surface area contributed by atoms with E-state index in [2.05, 4.69) is 29.1 Å². The largest absolute Gasteiger partial charge is 0.368 e. The fourth-order valence-corrected chi connectivity index (χ4v) is 1.44. The quantitative estimate of drug-likeness (QED) is 0.843. The highest BCUT2D eigenvalue weighted by Gasteiger charge is 2.15. The van der Waals surface area contributed by atoms with Crippen LogP contribution in [0.5, 0.6) is 0 Å². The van der Waals surface area contributed by atoms with Crippen LogP contribution < -0.4 is 11.1 Å². The van der Waals surface area contributed by atoms with Crippen molar-refractivity contribution in [1.29, 1.82) is 0 Å². The number of hydrogen-bond acceptors (Lipinski definition) is 4. The van der Waals surface area contributed by atoms with E-state index in [4.69, 9.17) is 5.73 Å². The Labute approximate surface area is 101 Å². The fraction of sp³-hybridized carbons (Fsp3) is 0.385. The highest BCUT2D eigenvalue weighted by atomic mass is 15.0. The summed E-state index contributed by atoms with van der Waals surface area (Å²) in [7, 11) is 0. The first-order valence-corrected chi connectivity index (χ1v) is 5.76. The number of nitrogens with zero attached hydrogens (tertiary/aromatic N) is 2. The first-order chi connectivity index (χ1) is 8.11. The smallest absolute Gasteiger partial charge is 0.145 e. The van der Waals surface area contributed by atoms with E-state index in [1.807, 2.05) is 24.3 Å². The van der Waals surface area contributed by atoms with Crippen LogP contribution in [0.3, 0.4) is 0 Å². The average molecular weight is 230 g/mol. The molecule has 0 aliphatic carbocycles. The number of nitrogens with two attached hydrogens (primary N) is 1. The number of rotatable bonds is 4. The van der Waals surface area contributed by atoms with Crippen molar-refractivity contribution in [2.75, 3.05) is 18.4 Å². The van der Waals surface area contributed by atoms with E-state index in [-0.39, 0.29) is 5.41 Å². The molecule has 0 spiro atoms. The Bertz CT molecular complexity index is 508. The maximum atomic E-state index is 5.68. The first-order valence-electron chi connectivity index (χ1n) is 5.76. The maximum absolute atomic E-state index is 5.68. The summed E-state index contributed by atoms with van der Waals surface area (Å²) in [5.41, 5.74) is 7.57. The lowest BCUT2D eigenvalue weighted by Gasteiger charge is -2.22. The number of anilines is 1. The predicted octanol–water partition coefficient (Wildman–Crippen LogP) is 2.03. The van der Waals surface area contributed by atoms with Crippen molar-refractivity contribution in [1.82, 2.24) is 9.97 Å². The highest BCUT2D eigenvalue weighted by Crippen LogP contribution is 2.15. The molecule has 1 aromatic carbocycles. The summed E-state index contributed by atoms with van der Waals surface area (Å²) >= 11 is 0. The molecule has 0 unspecified atom stereocenters. The summed E-state index contributed by atoms with van der Waals surface area (Å²) in [5, 5.41) is 3.27. The molecule has 0 aliphatic heterocycles. The normalized spacial score (nSPS) is 11.7. The van der Waals surface area contributed by atoms with E-state index in [0.29, 0.717) is 6.54 Å². The van der Waals surface area contributed by atoms with Gasteiger partial charge >= 0.3 is 0 Å². The minimum absolute atomic E-state index is 0.0628. The van der Waals surface area contributed by atoms with Crippen LogP contribution in [-0.4, -0.2) is 23.1 Å². The number of fused-ring (bicyclic) bond motifs is 1. The van der Waals surface area contributed by atoms with Crippen molar-refractivity contribution in [2.45, 2.75) is 13.8 Å². The Morgan fingerprint density at radius 3 is 2.65 bits per heavy atom. The molecule has 17 heavy (non-hydrogen) atoms. The number of hydrogen-bond donors (Lipinski definition) is 2. The van der Waals surface area contributed by atoms with Gasteiger partial charge in [-0.05, 0) is 24.1 Å². The van der Waals surface area contributed by atoms with Gasteiger partial charge in [0.25, 0.3) is 0 Å². The molecule has 0 bridgehead atoms. The van der Waals surface area contributed by atoms with E-state index in [1.54, 1.807) is 6.20 Å². The van der Waals surface area contributed by atoms with E-state index in [9.17, 15) is 0 Å². The molecule has 2 aromatic rings. The second-order valence-corrected chi connectivity index (χ2v) is 4.97. The molecule has 0 aliphatic rings. The second-order valence-electron chi connectivity index (χ2n) is 4.97. The van der Waals surface area contributed by atoms with Gasteiger partial charge in [-0.15, -0.1) is 0 Å². The molecule has 0 fully saturated rings. The molecule has 0 amide bonds. The Hall–Kier alpha value is -1.68. The number of nitrogens with one attached hydrogen (secondary N) is 1. The minimum Gasteiger partial charge on any atom is -0.368 e. The SMILES string of the molecule is CC(C)(CN)CNc1cnc2ccccc2n1. The van der Waals surface area contributed by atoms with E-state index < -0.39 is 0 Å². The lowest BCUT2D eigenvalue weighted by atomic mass is 9.94. The third-order valence-electron chi connectivity index (χ3n) is 2.75. The van der Waals surface area contributed by atoms with Gasteiger partial charge in [-0.25, -0.2) is 4.98 Å². The number of aromatic nitrogens is 2. The lowest BCUT2D eigenvalue weighted by molar-refractivity contribution is 0.405. The predicted molar refractivity (Wildman–Crippen MR) is 70.9 cm³/mol. The van der Waals surface area contributed by atoms with Crippen LogP contribution in [0.2, 0.25) is 0 Å². The summed E-state index contributed by atoms with van der Waals surface area (Å²) in [5.74, 6) is 0.797. The number of para-hydroxylation sites is 2. The summed E-state index contributed by atoms with van der Waals surface area (Å²) in [6.07, 6.45) is 1.76. The van der Waals surface area contributed by atoms with Gasteiger partial charge in [0.05, 0.1) is 17.2 Å². The van der Waals surface area contributed by atoms with Gasteiger partial charge in [-0.3, -0.25) is 4.98 Å². The monoisotopic (exact) mass is 230 g/mol. The summed E-state index contributed by atoms with van der Waals surface area (Å²) in [4.78, 5) is 8.85. The molecule has 0 saturated carbocycles. The third kappa shape index (κ3) is 2.91. The van der Waals surface area contributed by atoms with Gasteiger partial charge in [-0.2, -0.15) is 0 Å². The van der Waals surface area contributed by atoms with Crippen LogP contribution in [0.4, 0.5) is 5.82 Å². The second kappa shape index (κ2) is 4.67. The van der Waals surface area contributed by atoms with Gasteiger partial charge in [-0.1, -0.05) is 26.0 Å². The topological polar surface area (TPSA) is 63.8 Å². The summed E-state index contributed by atoms with van der Waals surface area (Å²) < 4.78 is 0. The molecule has 0 atom stereocenters. The highest BCUT2D eigenvalue weighted by molar-refractivity contribution is 5.75. The molecular weight excluding hydrogens is 212 g/mol. The molecule has 4 heteroatoms.